The maximum atomic E-state index is 13.3. The van der Waals surface area contributed by atoms with E-state index in [1.807, 2.05) is 38.1 Å². The lowest BCUT2D eigenvalue weighted by molar-refractivity contribution is -0.127. The van der Waals surface area contributed by atoms with E-state index in [9.17, 15) is 18.0 Å². The molecule has 1 aromatic heterocycles. The van der Waals surface area contributed by atoms with Gasteiger partial charge in [0.1, 0.15) is 11.6 Å². The van der Waals surface area contributed by atoms with Crippen LogP contribution in [-0.2, 0) is 14.8 Å². The molecule has 5 N–H and O–H groups in total. The summed E-state index contributed by atoms with van der Waals surface area (Å²) in [6.45, 7) is 7.78. The molecule has 0 aliphatic rings. The Bertz CT molecular complexity index is 2100. The molecule has 0 aliphatic heterocycles. The zero-order chi connectivity index (χ0) is 34.9. The first-order valence-electron chi connectivity index (χ1n) is 14.9. The number of imidazole rings is 1. The van der Waals surface area contributed by atoms with Crippen molar-refractivity contribution in [1.82, 2.24) is 9.97 Å². The number of nitrogens with zero attached hydrogens (tertiary/aromatic N) is 1. The zero-order valence-electron chi connectivity index (χ0n) is 26.7. The number of hydrogen-bond donors (Lipinski definition) is 4. The van der Waals surface area contributed by atoms with E-state index in [0.29, 0.717) is 34.3 Å². The van der Waals surface area contributed by atoms with Crippen molar-refractivity contribution < 1.29 is 22.7 Å². The average molecular weight is 709 g/mol. The topological polar surface area (TPSA) is 156 Å². The second-order valence-electron chi connectivity index (χ2n) is 12.9. The number of sulfonamides is 1. The third kappa shape index (κ3) is 8.10. The number of benzene rings is 4. The summed E-state index contributed by atoms with van der Waals surface area (Å²) in [7, 11) is -4.08. The number of carbonyl (C=O) groups excluding carboxylic acids is 2. The van der Waals surface area contributed by atoms with Gasteiger partial charge in [0.25, 0.3) is 15.9 Å². The number of anilines is 2. The number of rotatable bonds is 12. The van der Waals surface area contributed by atoms with Crippen molar-refractivity contribution in [2.45, 2.75) is 39.0 Å². The first-order valence-corrected chi connectivity index (χ1v) is 17.2. The molecule has 250 valence electrons. The Morgan fingerprint density at radius 1 is 0.896 bits per heavy atom. The molecule has 1 heterocycles. The van der Waals surface area contributed by atoms with Crippen LogP contribution in [0.1, 0.15) is 44.5 Å². The number of aromatic amines is 1. The molecule has 48 heavy (non-hydrogen) atoms. The van der Waals surface area contributed by atoms with Crippen molar-refractivity contribution >= 4 is 67.4 Å². The SMILES string of the molecule is CC(C)(COc1cccc(NS(=O)(=O)c2ccc(C(=O)Nc3ccc(Cl)c(-c4nc5ccccc5[nH]4)c3)c(Cl)c2)c1)CC(C)(C)C(N)=O. The van der Waals surface area contributed by atoms with E-state index < -0.39 is 27.3 Å². The number of halogens is 2. The maximum Gasteiger partial charge on any atom is 0.261 e. The Hall–Kier alpha value is -4.58. The molecule has 0 spiro atoms. The van der Waals surface area contributed by atoms with Gasteiger partial charge in [-0.1, -0.05) is 69.1 Å². The van der Waals surface area contributed by atoms with Crippen molar-refractivity contribution in [3.63, 3.8) is 0 Å². The highest BCUT2D eigenvalue weighted by Gasteiger charge is 2.33. The number of amides is 2. The lowest BCUT2D eigenvalue weighted by atomic mass is 9.75. The Morgan fingerprint density at radius 2 is 1.65 bits per heavy atom. The predicted molar refractivity (Wildman–Crippen MR) is 190 cm³/mol. The van der Waals surface area contributed by atoms with Gasteiger partial charge in [-0.2, -0.15) is 0 Å². The fourth-order valence-electron chi connectivity index (χ4n) is 5.39. The fraction of sp³-hybridized carbons (Fsp3) is 0.229. The number of H-pyrrole nitrogens is 1. The monoisotopic (exact) mass is 707 g/mol. The minimum atomic E-state index is -4.08. The summed E-state index contributed by atoms with van der Waals surface area (Å²) >= 11 is 12.9. The van der Waals surface area contributed by atoms with Crippen LogP contribution in [0.4, 0.5) is 11.4 Å². The summed E-state index contributed by atoms with van der Waals surface area (Å²) in [5.41, 5.74) is 7.43. The second-order valence-corrected chi connectivity index (χ2v) is 15.4. The van der Waals surface area contributed by atoms with Gasteiger partial charge < -0.3 is 20.8 Å². The van der Waals surface area contributed by atoms with Crippen LogP contribution in [0.15, 0.2) is 89.8 Å². The van der Waals surface area contributed by atoms with Crippen molar-refractivity contribution in [2.75, 3.05) is 16.6 Å². The molecule has 5 aromatic rings. The number of carbonyl (C=O) groups is 2. The van der Waals surface area contributed by atoms with Gasteiger partial charge in [0.2, 0.25) is 5.91 Å². The Labute approximate surface area is 289 Å². The molecule has 2 amide bonds. The summed E-state index contributed by atoms with van der Waals surface area (Å²) in [4.78, 5) is 32.6. The minimum absolute atomic E-state index is 0.0555. The Balaban J connectivity index is 1.26. The van der Waals surface area contributed by atoms with Gasteiger partial charge in [0.15, 0.2) is 0 Å². The average Bonchev–Trinajstić information content (AvgIpc) is 3.44. The van der Waals surface area contributed by atoms with Crippen LogP contribution in [0.2, 0.25) is 10.0 Å². The lowest BCUT2D eigenvalue weighted by Crippen LogP contribution is -2.37. The quantitative estimate of drug-likeness (QED) is 0.103. The zero-order valence-corrected chi connectivity index (χ0v) is 29.1. The van der Waals surface area contributed by atoms with E-state index >= 15 is 0 Å². The van der Waals surface area contributed by atoms with Gasteiger partial charge in [-0.05, 0) is 72.5 Å². The highest BCUT2D eigenvalue weighted by Crippen LogP contribution is 2.35. The normalized spacial score (nSPS) is 12.1. The first kappa shape index (κ1) is 34.7. The molecule has 5 rings (SSSR count). The molecule has 0 fully saturated rings. The van der Waals surface area contributed by atoms with Gasteiger partial charge in [-0.3, -0.25) is 14.3 Å². The third-order valence-electron chi connectivity index (χ3n) is 7.67. The maximum absolute atomic E-state index is 13.3. The van der Waals surface area contributed by atoms with Gasteiger partial charge in [-0.25, -0.2) is 13.4 Å². The molecule has 0 saturated heterocycles. The molecule has 0 aliphatic carbocycles. The number of primary amides is 1. The summed E-state index contributed by atoms with van der Waals surface area (Å²) in [5, 5.41) is 3.18. The molecular formula is C35H35Cl2N5O5S. The molecule has 0 bridgehead atoms. The Kier molecular flexibility index (Phi) is 9.77. The molecule has 0 radical (unpaired) electrons. The van der Waals surface area contributed by atoms with Crippen molar-refractivity contribution in [1.29, 1.82) is 0 Å². The Morgan fingerprint density at radius 3 is 2.35 bits per heavy atom. The molecule has 0 saturated carbocycles. The van der Waals surface area contributed by atoms with Gasteiger partial charge >= 0.3 is 0 Å². The van der Waals surface area contributed by atoms with Crippen LogP contribution in [0.25, 0.3) is 22.4 Å². The van der Waals surface area contributed by atoms with Crippen LogP contribution in [0.5, 0.6) is 5.75 Å². The number of nitrogens with one attached hydrogen (secondary N) is 3. The highest BCUT2D eigenvalue weighted by atomic mass is 35.5. The van der Waals surface area contributed by atoms with E-state index in [1.165, 1.54) is 18.2 Å². The number of nitrogens with two attached hydrogens (primary N) is 1. The lowest BCUT2D eigenvalue weighted by Gasteiger charge is -2.32. The minimum Gasteiger partial charge on any atom is -0.493 e. The van der Waals surface area contributed by atoms with Crippen LogP contribution in [-0.4, -0.2) is 36.8 Å². The van der Waals surface area contributed by atoms with Crippen LogP contribution < -0.4 is 20.5 Å². The smallest absolute Gasteiger partial charge is 0.261 e. The van der Waals surface area contributed by atoms with E-state index in [2.05, 4.69) is 20.0 Å². The molecule has 4 aromatic carbocycles. The number of para-hydroxylation sites is 2. The van der Waals surface area contributed by atoms with Crippen molar-refractivity contribution in [2.24, 2.45) is 16.6 Å². The standard InChI is InChI=1S/C35H35Cl2N5O5S/c1-34(2,19-35(3,4)33(38)44)20-47-23-9-7-8-22(16-23)42-48(45,46)24-13-14-25(28(37)18-24)32(43)39-21-12-15-27(36)26(17-21)31-40-29-10-5-6-11-30(29)41-31/h5-18,42H,19-20H2,1-4H3,(H2,38,44)(H,39,43)(H,40,41). The number of ether oxygens (including phenoxy) is 1. The molecule has 0 unspecified atom stereocenters. The van der Waals surface area contributed by atoms with Crippen molar-refractivity contribution in [3.05, 3.63) is 101 Å². The predicted octanol–water partition coefficient (Wildman–Crippen LogP) is 7.90. The summed E-state index contributed by atoms with van der Waals surface area (Å²) in [6.07, 6.45) is 0.500. The van der Waals surface area contributed by atoms with Gasteiger partial charge in [0, 0.05) is 22.7 Å². The van der Waals surface area contributed by atoms with Crippen LogP contribution in [0, 0.1) is 10.8 Å². The van der Waals surface area contributed by atoms with E-state index in [-0.39, 0.29) is 33.2 Å². The van der Waals surface area contributed by atoms with Crippen molar-refractivity contribution in [3.8, 4) is 17.1 Å². The van der Waals surface area contributed by atoms with E-state index in [0.717, 1.165) is 11.0 Å². The van der Waals surface area contributed by atoms with Gasteiger partial charge in [0.05, 0.1) is 43.8 Å². The first-order chi connectivity index (χ1) is 22.5. The van der Waals surface area contributed by atoms with Crippen LogP contribution >= 0.6 is 23.2 Å². The number of aromatic nitrogens is 2. The second kappa shape index (κ2) is 13.5. The molecular weight excluding hydrogens is 673 g/mol. The molecule has 0 atom stereocenters. The van der Waals surface area contributed by atoms with Crippen LogP contribution in [0.3, 0.4) is 0 Å². The largest absolute Gasteiger partial charge is 0.493 e. The van der Waals surface area contributed by atoms with E-state index in [1.54, 1.807) is 56.3 Å². The highest BCUT2D eigenvalue weighted by molar-refractivity contribution is 7.92. The summed E-state index contributed by atoms with van der Waals surface area (Å²) in [5.74, 6) is 0.0520. The number of hydrogen-bond acceptors (Lipinski definition) is 6. The molecule has 10 nitrogen and oxygen atoms in total. The number of fused-ring (bicyclic) bond motifs is 1. The van der Waals surface area contributed by atoms with E-state index in [4.69, 9.17) is 33.7 Å². The fourth-order valence-corrected chi connectivity index (χ4v) is 7.00. The summed E-state index contributed by atoms with van der Waals surface area (Å²) in [6, 6.07) is 22.9. The van der Waals surface area contributed by atoms with Gasteiger partial charge in [-0.15, -0.1) is 0 Å². The summed E-state index contributed by atoms with van der Waals surface area (Å²) < 4.78 is 35.0. The third-order valence-corrected chi connectivity index (χ3v) is 9.69. The molecule has 13 heteroatoms.